The molecule has 1 aromatic rings. The molecule has 0 bridgehead atoms. The first kappa shape index (κ1) is 12.0. The zero-order valence-electron chi connectivity index (χ0n) is 10.2. The highest BCUT2D eigenvalue weighted by molar-refractivity contribution is 5.89. The average Bonchev–Trinajstić information content (AvgIpc) is 2.83. The van der Waals surface area contributed by atoms with E-state index in [1.165, 1.54) is 6.42 Å². The molecule has 1 amide bonds. The van der Waals surface area contributed by atoms with Gasteiger partial charge in [0.05, 0.1) is 0 Å². The molecule has 1 unspecified atom stereocenters. The SMILES string of the molecule is Cc1ccc(NC(=O)CCC2CCNC2)nc1. The number of aromatic nitrogens is 1. The molecular formula is C13H19N3O. The number of nitrogens with zero attached hydrogens (tertiary/aromatic N) is 1. The molecule has 17 heavy (non-hydrogen) atoms. The molecule has 92 valence electrons. The number of anilines is 1. The molecule has 2 heterocycles. The van der Waals surface area contributed by atoms with Gasteiger partial charge in [-0.2, -0.15) is 0 Å². The molecule has 1 fully saturated rings. The summed E-state index contributed by atoms with van der Waals surface area (Å²) in [5.41, 5.74) is 1.10. The van der Waals surface area contributed by atoms with Gasteiger partial charge in [-0.25, -0.2) is 4.98 Å². The summed E-state index contributed by atoms with van der Waals surface area (Å²) in [6.45, 7) is 4.12. The Kier molecular flexibility index (Phi) is 4.09. The van der Waals surface area contributed by atoms with Crippen LogP contribution in [0.15, 0.2) is 18.3 Å². The Morgan fingerprint density at radius 1 is 1.59 bits per heavy atom. The van der Waals surface area contributed by atoms with E-state index in [4.69, 9.17) is 0 Å². The van der Waals surface area contributed by atoms with E-state index in [1.54, 1.807) is 6.20 Å². The van der Waals surface area contributed by atoms with Crippen molar-refractivity contribution in [2.24, 2.45) is 5.92 Å². The first-order chi connectivity index (χ1) is 8.24. The molecule has 1 saturated heterocycles. The van der Waals surface area contributed by atoms with E-state index in [9.17, 15) is 4.79 Å². The Bertz CT molecular complexity index is 369. The van der Waals surface area contributed by atoms with Crippen LogP contribution in [-0.2, 0) is 4.79 Å². The summed E-state index contributed by atoms with van der Waals surface area (Å²) in [5.74, 6) is 1.37. The van der Waals surface area contributed by atoms with Crippen molar-refractivity contribution in [1.82, 2.24) is 10.3 Å². The molecule has 2 rings (SSSR count). The van der Waals surface area contributed by atoms with Crippen molar-refractivity contribution in [2.75, 3.05) is 18.4 Å². The summed E-state index contributed by atoms with van der Waals surface area (Å²) >= 11 is 0. The topological polar surface area (TPSA) is 54.0 Å². The Balaban J connectivity index is 1.74. The van der Waals surface area contributed by atoms with Crippen LogP contribution in [-0.4, -0.2) is 24.0 Å². The number of amides is 1. The molecule has 4 nitrogen and oxygen atoms in total. The maximum absolute atomic E-state index is 11.7. The highest BCUT2D eigenvalue weighted by Gasteiger charge is 2.15. The summed E-state index contributed by atoms with van der Waals surface area (Å²) in [5, 5.41) is 6.13. The molecule has 0 aliphatic carbocycles. The van der Waals surface area contributed by atoms with Gasteiger partial charge >= 0.3 is 0 Å². The maximum atomic E-state index is 11.7. The number of hydrogen-bond donors (Lipinski definition) is 2. The fourth-order valence-corrected chi connectivity index (χ4v) is 2.04. The number of rotatable bonds is 4. The molecule has 1 aromatic heterocycles. The smallest absolute Gasteiger partial charge is 0.225 e. The van der Waals surface area contributed by atoms with Gasteiger partial charge < -0.3 is 10.6 Å². The Labute approximate surface area is 102 Å². The fraction of sp³-hybridized carbons (Fsp3) is 0.538. The predicted molar refractivity (Wildman–Crippen MR) is 67.8 cm³/mol. The van der Waals surface area contributed by atoms with Crippen LogP contribution < -0.4 is 10.6 Å². The van der Waals surface area contributed by atoms with Gasteiger partial charge in [-0.05, 0) is 50.4 Å². The highest BCUT2D eigenvalue weighted by atomic mass is 16.1. The lowest BCUT2D eigenvalue weighted by atomic mass is 10.0. The Hall–Kier alpha value is -1.42. The molecule has 1 aliphatic rings. The predicted octanol–water partition coefficient (Wildman–Crippen LogP) is 1.72. The van der Waals surface area contributed by atoms with Crippen LogP contribution in [0.25, 0.3) is 0 Å². The van der Waals surface area contributed by atoms with Gasteiger partial charge in [0.1, 0.15) is 5.82 Å². The molecule has 1 aliphatic heterocycles. The van der Waals surface area contributed by atoms with Crippen LogP contribution in [0.5, 0.6) is 0 Å². The van der Waals surface area contributed by atoms with Crippen molar-refractivity contribution in [1.29, 1.82) is 0 Å². The zero-order chi connectivity index (χ0) is 12.1. The number of carbonyl (C=O) groups excluding carboxylic acids is 1. The normalized spacial score (nSPS) is 19.2. The van der Waals surface area contributed by atoms with Crippen molar-refractivity contribution in [3.8, 4) is 0 Å². The van der Waals surface area contributed by atoms with E-state index in [-0.39, 0.29) is 5.91 Å². The molecule has 1 atom stereocenters. The molecule has 0 aromatic carbocycles. The second-order valence-electron chi connectivity index (χ2n) is 4.67. The summed E-state index contributed by atoms with van der Waals surface area (Å²) in [7, 11) is 0. The third kappa shape index (κ3) is 3.82. The monoisotopic (exact) mass is 233 g/mol. The number of pyridine rings is 1. The lowest BCUT2D eigenvalue weighted by molar-refractivity contribution is -0.116. The number of aryl methyl sites for hydroxylation is 1. The van der Waals surface area contributed by atoms with Gasteiger partial charge in [0.25, 0.3) is 0 Å². The maximum Gasteiger partial charge on any atom is 0.225 e. The highest BCUT2D eigenvalue weighted by Crippen LogP contribution is 2.14. The minimum absolute atomic E-state index is 0.0632. The third-order valence-electron chi connectivity index (χ3n) is 3.12. The van der Waals surface area contributed by atoms with Crippen molar-refractivity contribution < 1.29 is 4.79 Å². The molecule has 4 heteroatoms. The first-order valence-corrected chi connectivity index (χ1v) is 6.17. The van der Waals surface area contributed by atoms with Crippen molar-refractivity contribution in [2.45, 2.75) is 26.2 Å². The standard InChI is InChI=1S/C13H19N3O/c1-10-2-4-12(15-8-10)16-13(17)5-3-11-6-7-14-9-11/h2,4,8,11,14H,3,5-7,9H2,1H3,(H,15,16,17). The summed E-state index contributed by atoms with van der Waals surface area (Å²) in [6.07, 6.45) is 4.50. The first-order valence-electron chi connectivity index (χ1n) is 6.17. The van der Waals surface area contributed by atoms with Crippen LogP contribution in [0.2, 0.25) is 0 Å². The lowest BCUT2D eigenvalue weighted by Crippen LogP contribution is -2.15. The van der Waals surface area contributed by atoms with E-state index in [1.807, 2.05) is 19.1 Å². The Morgan fingerprint density at radius 2 is 2.47 bits per heavy atom. The van der Waals surface area contributed by atoms with Crippen molar-refractivity contribution in [3.05, 3.63) is 23.9 Å². The quantitative estimate of drug-likeness (QED) is 0.832. The second-order valence-corrected chi connectivity index (χ2v) is 4.67. The van der Waals surface area contributed by atoms with Crippen molar-refractivity contribution >= 4 is 11.7 Å². The fourth-order valence-electron chi connectivity index (χ4n) is 2.04. The summed E-state index contributed by atoms with van der Waals surface area (Å²) < 4.78 is 0. The molecule has 2 N–H and O–H groups in total. The van der Waals surface area contributed by atoms with Crippen LogP contribution in [0.1, 0.15) is 24.8 Å². The Morgan fingerprint density at radius 3 is 3.12 bits per heavy atom. The molecule has 0 saturated carbocycles. The zero-order valence-corrected chi connectivity index (χ0v) is 10.2. The van der Waals surface area contributed by atoms with Crippen LogP contribution in [0.4, 0.5) is 5.82 Å². The second kappa shape index (κ2) is 5.77. The van der Waals surface area contributed by atoms with Crippen molar-refractivity contribution in [3.63, 3.8) is 0 Å². The molecule has 0 radical (unpaired) electrons. The van der Waals surface area contributed by atoms with Crippen LogP contribution >= 0.6 is 0 Å². The number of hydrogen-bond acceptors (Lipinski definition) is 3. The van der Waals surface area contributed by atoms with Gasteiger partial charge in [-0.1, -0.05) is 6.07 Å². The van der Waals surface area contributed by atoms with Gasteiger partial charge in [0.15, 0.2) is 0 Å². The van der Waals surface area contributed by atoms with E-state index in [2.05, 4.69) is 15.6 Å². The third-order valence-corrected chi connectivity index (χ3v) is 3.12. The molecular weight excluding hydrogens is 214 g/mol. The summed E-state index contributed by atoms with van der Waals surface area (Å²) in [6, 6.07) is 3.79. The molecule has 0 spiro atoms. The average molecular weight is 233 g/mol. The number of nitrogens with one attached hydrogen (secondary N) is 2. The van der Waals surface area contributed by atoms with Gasteiger partial charge in [0, 0.05) is 12.6 Å². The minimum atomic E-state index is 0.0632. The van der Waals surface area contributed by atoms with Crippen LogP contribution in [0.3, 0.4) is 0 Å². The lowest BCUT2D eigenvalue weighted by Gasteiger charge is -2.08. The van der Waals surface area contributed by atoms with E-state index < -0.39 is 0 Å². The number of carbonyl (C=O) groups is 1. The van der Waals surface area contributed by atoms with E-state index in [0.29, 0.717) is 18.2 Å². The van der Waals surface area contributed by atoms with Gasteiger partial charge in [-0.3, -0.25) is 4.79 Å². The van der Waals surface area contributed by atoms with Gasteiger partial charge in [0.2, 0.25) is 5.91 Å². The largest absolute Gasteiger partial charge is 0.316 e. The summed E-state index contributed by atoms with van der Waals surface area (Å²) in [4.78, 5) is 15.8. The van der Waals surface area contributed by atoms with Gasteiger partial charge in [-0.15, -0.1) is 0 Å². The van der Waals surface area contributed by atoms with E-state index in [0.717, 1.165) is 25.1 Å². The van der Waals surface area contributed by atoms with Crippen LogP contribution in [0, 0.1) is 12.8 Å². The minimum Gasteiger partial charge on any atom is -0.316 e. The van der Waals surface area contributed by atoms with E-state index >= 15 is 0 Å².